The van der Waals surface area contributed by atoms with E-state index >= 15 is 0 Å². The molecule has 3 heterocycles. The maximum atomic E-state index is 13.9. The summed E-state index contributed by atoms with van der Waals surface area (Å²) >= 11 is 6.19. The summed E-state index contributed by atoms with van der Waals surface area (Å²) in [5.41, 5.74) is 7.41. The molecule has 1 fully saturated rings. The lowest BCUT2D eigenvalue weighted by atomic mass is 10.1. The van der Waals surface area contributed by atoms with Crippen LogP contribution < -0.4 is 15.4 Å². The van der Waals surface area contributed by atoms with Gasteiger partial charge in [0, 0.05) is 53.6 Å². The summed E-state index contributed by atoms with van der Waals surface area (Å²) in [6.07, 6.45) is 4.99. The van der Waals surface area contributed by atoms with Gasteiger partial charge in [-0.3, -0.25) is 14.7 Å². The molecule has 1 unspecified atom stereocenters. The Balaban J connectivity index is 1.49. The second kappa shape index (κ2) is 10.0. The Labute approximate surface area is 218 Å². The van der Waals surface area contributed by atoms with Gasteiger partial charge < -0.3 is 15.5 Å². The van der Waals surface area contributed by atoms with E-state index in [1.807, 2.05) is 6.07 Å². The number of ether oxygens (including phenoxy) is 1. The number of aromatic nitrogens is 2. The quantitative estimate of drug-likeness (QED) is 0.365. The molecule has 0 bridgehead atoms. The van der Waals surface area contributed by atoms with Crippen molar-refractivity contribution >= 4 is 46.0 Å². The van der Waals surface area contributed by atoms with Crippen LogP contribution in [0.1, 0.15) is 23.2 Å². The summed E-state index contributed by atoms with van der Waals surface area (Å²) in [5.74, 6) is -0.446. The van der Waals surface area contributed by atoms with Crippen molar-refractivity contribution in [3.8, 4) is 5.75 Å². The van der Waals surface area contributed by atoms with E-state index in [0.717, 1.165) is 5.39 Å². The Morgan fingerprint density at radius 3 is 2.59 bits per heavy atom. The van der Waals surface area contributed by atoms with Gasteiger partial charge >= 0.3 is 11.9 Å². The lowest BCUT2D eigenvalue weighted by Crippen LogP contribution is -2.66. The van der Waals surface area contributed by atoms with Crippen molar-refractivity contribution in [2.75, 3.05) is 18.0 Å². The number of halogens is 1. The molecule has 9 nitrogen and oxygen atoms in total. The normalized spacial score (nSPS) is 19.0. The molecule has 0 radical (unpaired) electrons. The fraction of sp³-hybridized carbons (Fsp3) is 0.185. The lowest BCUT2D eigenvalue weighted by Gasteiger charge is -2.34. The van der Waals surface area contributed by atoms with Crippen LogP contribution in [-0.4, -0.2) is 51.6 Å². The molecule has 1 aliphatic rings. The molecule has 1 saturated heterocycles. The summed E-state index contributed by atoms with van der Waals surface area (Å²) in [6.45, 7) is -0.181. The Morgan fingerprint density at radius 1 is 1.11 bits per heavy atom. The SMILES string of the molecule is NC(=O)[N@+]1(C(=O)CN(C(=O)c2ccc3c(Cl)c[nH]c3c2)c2ccccc2)CCCC1Oc1ccncc1. The van der Waals surface area contributed by atoms with Crippen LogP contribution in [0, 0.1) is 0 Å². The second-order valence-corrected chi connectivity index (χ2v) is 9.25. The number of carbonyl (C=O) groups excluding carboxylic acids is 3. The fourth-order valence-electron chi connectivity index (χ4n) is 4.79. The lowest BCUT2D eigenvalue weighted by molar-refractivity contribution is -0.806. The molecule has 37 heavy (non-hydrogen) atoms. The maximum absolute atomic E-state index is 13.9. The fourth-order valence-corrected chi connectivity index (χ4v) is 5.01. The van der Waals surface area contributed by atoms with Gasteiger partial charge in [-0.05, 0) is 36.4 Å². The summed E-state index contributed by atoms with van der Waals surface area (Å²) in [4.78, 5) is 48.9. The molecule has 2 atom stereocenters. The van der Waals surface area contributed by atoms with Gasteiger partial charge in [-0.2, -0.15) is 0 Å². The first-order chi connectivity index (χ1) is 17.9. The van der Waals surface area contributed by atoms with Gasteiger partial charge in [-0.25, -0.2) is 9.59 Å². The number of para-hydroxylation sites is 1. The highest BCUT2D eigenvalue weighted by Crippen LogP contribution is 2.31. The average Bonchev–Trinajstić information content (AvgIpc) is 3.51. The first kappa shape index (κ1) is 24.5. The number of carbonyl (C=O) groups is 3. The Morgan fingerprint density at radius 2 is 1.86 bits per heavy atom. The van der Waals surface area contributed by atoms with E-state index in [1.165, 1.54) is 4.90 Å². The van der Waals surface area contributed by atoms with Crippen LogP contribution in [0.25, 0.3) is 10.9 Å². The average molecular weight is 519 g/mol. The summed E-state index contributed by atoms with van der Waals surface area (Å²) in [5, 5.41) is 1.33. The number of benzene rings is 2. The number of pyridine rings is 1. The van der Waals surface area contributed by atoms with Crippen molar-refractivity contribution in [2.24, 2.45) is 5.73 Å². The standard InChI is InChI=1S/C27H24ClN5O4/c28-22-16-31-23-15-18(8-9-21(22)23)26(35)32(19-5-2-1-3-6-19)17-24(34)33(27(29)36)14-4-7-25(33)37-20-10-12-30-13-11-20/h1-3,5-6,8-13,15-16,25H,4,7,14,17H2,(H2-,29,31,35,36)/p+1/t25?,33-/m0/s1. The molecule has 10 heteroatoms. The van der Waals surface area contributed by atoms with Gasteiger partial charge in [0.15, 0.2) is 0 Å². The molecule has 0 aliphatic carbocycles. The minimum Gasteiger partial charge on any atom is -0.442 e. The zero-order chi connectivity index (χ0) is 26.0. The minimum absolute atomic E-state index is 0.188. The summed E-state index contributed by atoms with van der Waals surface area (Å²) in [7, 11) is 0. The predicted octanol–water partition coefficient (Wildman–Crippen LogP) is 4.48. The van der Waals surface area contributed by atoms with Crippen molar-refractivity contribution in [2.45, 2.75) is 19.1 Å². The first-order valence-corrected chi connectivity index (χ1v) is 12.2. The highest BCUT2D eigenvalue weighted by Gasteiger charge is 2.55. The highest BCUT2D eigenvalue weighted by atomic mass is 35.5. The van der Waals surface area contributed by atoms with E-state index in [0.29, 0.717) is 40.4 Å². The molecule has 0 spiro atoms. The van der Waals surface area contributed by atoms with E-state index < -0.39 is 28.6 Å². The number of anilines is 1. The monoisotopic (exact) mass is 518 g/mol. The number of primary amides is 1. The van der Waals surface area contributed by atoms with Crippen LogP contribution >= 0.6 is 11.6 Å². The Hall–Kier alpha value is -4.21. The molecule has 4 aromatic rings. The summed E-state index contributed by atoms with van der Waals surface area (Å²) < 4.78 is 5.34. The maximum Gasteiger partial charge on any atom is 0.424 e. The number of nitrogens with one attached hydrogen (secondary N) is 1. The molecule has 2 aromatic carbocycles. The molecule has 0 saturated carbocycles. The van der Waals surface area contributed by atoms with Crippen molar-refractivity contribution in [3.63, 3.8) is 0 Å². The molecular formula is C27H25ClN5O4+. The van der Waals surface area contributed by atoms with Crippen LogP contribution in [0.5, 0.6) is 5.75 Å². The van der Waals surface area contributed by atoms with Crippen molar-refractivity contribution in [3.05, 3.63) is 89.8 Å². The van der Waals surface area contributed by atoms with Crippen LogP contribution in [0.2, 0.25) is 5.02 Å². The number of rotatable bonds is 6. The van der Waals surface area contributed by atoms with Crippen LogP contribution in [0.15, 0.2) is 79.3 Å². The zero-order valence-electron chi connectivity index (χ0n) is 19.8. The number of aromatic amines is 1. The number of urea groups is 1. The molecule has 188 valence electrons. The van der Waals surface area contributed by atoms with E-state index in [2.05, 4.69) is 9.97 Å². The second-order valence-electron chi connectivity index (χ2n) is 8.85. The van der Waals surface area contributed by atoms with Gasteiger partial charge in [-0.15, -0.1) is 4.48 Å². The molecule has 2 aromatic heterocycles. The highest BCUT2D eigenvalue weighted by molar-refractivity contribution is 6.35. The van der Waals surface area contributed by atoms with E-state index in [-0.39, 0.29) is 13.1 Å². The number of amides is 4. The molecule has 3 N–H and O–H groups in total. The van der Waals surface area contributed by atoms with Gasteiger partial charge in [-0.1, -0.05) is 35.9 Å². The van der Waals surface area contributed by atoms with Gasteiger partial charge in [0.25, 0.3) is 5.91 Å². The third kappa shape index (κ3) is 4.54. The van der Waals surface area contributed by atoms with Crippen LogP contribution in [0.3, 0.4) is 0 Å². The number of imide groups is 1. The van der Waals surface area contributed by atoms with Gasteiger partial charge in [0.2, 0.25) is 6.23 Å². The Kier molecular flexibility index (Phi) is 6.64. The predicted molar refractivity (Wildman–Crippen MR) is 139 cm³/mol. The molecular weight excluding hydrogens is 494 g/mol. The number of nitrogens with two attached hydrogens (primary N) is 1. The number of nitrogens with zero attached hydrogens (tertiary/aromatic N) is 3. The largest absolute Gasteiger partial charge is 0.442 e. The van der Waals surface area contributed by atoms with E-state index in [9.17, 15) is 14.4 Å². The number of hydrogen-bond acceptors (Lipinski definition) is 5. The molecule has 1 aliphatic heterocycles. The van der Waals surface area contributed by atoms with Gasteiger partial charge in [0.1, 0.15) is 12.3 Å². The van der Waals surface area contributed by atoms with Crippen LogP contribution in [-0.2, 0) is 4.79 Å². The minimum atomic E-state index is -0.815. The number of hydrogen-bond donors (Lipinski definition) is 2. The number of fused-ring (bicyclic) bond motifs is 1. The molecule has 4 amide bonds. The Bertz CT molecular complexity index is 1460. The van der Waals surface area contributed by atoms with Crippen molar-refractivity contribution in [1.82, 2.24) is 9.97 Å². The third-order valence-electron chi connectivity index (χ3n) is 6.70. The number of H-pyrrole nitrogens is 1. The molecule has 5 rings (SSSR count). The van der Waals surface area contributed by atoms with E-state index in [4.69, 9.17) is 22.1 Å². The van der Waals surface area contributed by atoms with E-state index in [1.54, 1.807) is 73.2 Å². The summed E-state index contributed by atoms with van der Waals surface area (Å²) in [6, 6.07) is 16.4. The van der Waals surface area contributed by atoms with Crippen molar-refractivity contribution in [1.29, 1.82) is 0 Å². The smallest absolute Gasteiger partial charge is 0.424 e. The van der Waals surface area contributed by atoms with Gasteiger partial charge in [0.05, 0.1) is 11.6 Å². The van der Waals surface area contributed by atoms with Crippen molar-refractivity contribution < 1.29 is 23.6 Å². The number of likely N-dealkylation sites (tertiary alicyclic amines) is 1. The number of quaternary nitrogens is 1. The first-order valence-electron chi connectivity index (χ1n) is 11.8. The topological polar surface area (TPSA) is 118 Å². The van der Waals surface area contributed by atoms with Crippen LogP contribution in [0.4, 0.5) is 10.5 Å². The zero-order valence-corrected chi connectivity index (χ0v) is 20.6. The third-order valence-corrected chi connectivity index (χ3v) is 7.01.